The molecule has 1 aromatic heterocycles. The molecule has 0 aliphatic rings. The zero-order valence-corrected chi connectivity index (χ0v) is 13.0. The molecule has 4 nitrogen and oxygen atoms in total. The highest BCUT2D eigenvalue weighted by molar-refractivity contribution is 6.49. The van der Waals surface area contributed by atoms with Crippen LogP contribution < -0.4 is 5.32 Å². The fourth-order valence-corrected chi connectivity index (χ4v) is 2.63. The highest BCUT2D eigenvalue weighted by Crippen LogP contribution is 2.26. The summed E-state index contributed by atoms with van der Waals surface area (Å²) in [6, 6.07) is 8.43. The Hall–Kier alpha value is -2.37. The highest BCUT2D eigenvalue weighted by Gasteiger charge is 2.21. The van der Waals surface area contributed by atoms with Gasteiger partial charge in [-0.2, -0.15) is 0 Å². The SMILES string of the molecule is O=C(Nc1ccc(Cl)cc1Cl)C(=O)c1c[nH]c2ccc(F)cc12. The average Bonchev–Trinajstić information content (AvgIpc) is 2.92. The number of carbonyl (C=O) groups excluding carboxylic acids is 2. The second-order valence-electron chi connectivity index (χ2n) is 4.80. The number of aromatic amines is 1. The van der Waals surface area contributed by atoms with Gasteiger partial charge in [0.2, 0.25) is 0 Å². The van der Waals surface area contributed by atoms with E-state index in [1.807, 2.05) is 0 Å². The van der Waals surface area contributed by atoms with Gasteiger partial charge >= 0.3 is 0 Å². The van der Waals surface area contributed by atoms with Crippen molar-refractivity contribution in [2.24, 2.45) is 0 Å². The second kappa shape index (κ2) is 6.02. The summed E-state index contributed by atoms with van der Waals surface area (Å²) in [7, 11) is 0. The van der Waals surface area contributed by atoms with Crippen molar-refractivity contribution in [1.82, 2.24) is 4.98 Å². The molecule has 0 saturated heterocycles. The van der Waals surface area contributed by atoms with Crippen LogP contribution in [0, 0.1) is 5.82 Å². The van der Waals surface area contributed by atoms with E-state index in [0.29, 0.717) is 15.9 Å². The van der Waals surface area contributed by atoms with Gasteiger partial charge in [0.1, 0.15) is 5.82 Å². The van der Waals surface area contributed by atoms with Gasteiger partial charge in [0.15, 0.2) is 0 Å². The van der Waals surface area contributed by atoms with E-state index < -0.39 is 17.5 Å². The van der Waals surface area contributed by atoms with Crippen LogP contribution in [-0.2, 0) is 4.79 Å². The fraction of sp³-hybridized carbons (Fsp3) is 0. The molecule has 0 radical (unpaired) electrons. The van der Waals surface area contributed by atoms with Crippen molar-refractivity contribution < 1.29 is 14.0 Å². The van der Waals surface area contributed by atoms with Crippen LogP contribution in [0.15, 0.2) is 42.6 Å². The van der Waals surface area contributed by atoms with Gasteiger partial charge in [-0.1, -0.05) is 23.2 Å². The predicted octanol–water partition coefficient (Wildman–Crippen LogP) is 4.44. The third kappa shape index (κ3) is 3.06. The quantitative estimate of drug-likeness (QED) is 0.542. The number of hydrogen-bond donors (Lipinski definition) is 2. The van der Waals surface area contributed by atoms with Crippen molar-refractivity contribution in [3.8, 4) is 0 Å². The van der Waals surface area contributed by atoms with E-state index >= 15 is 0 Å². The normalized spacial score (nSPS) is 10.7. The van der Waals surface area contributed by atoms with Gasteiger partial charge in [-0.05, 0) is 36.4 Å². The number of rotatable bonds is 3. The smallest absolute Gasteiger partial charge is 0.296 e. The maximum absolute atomic E-state index is 13.3. The first-order chi connectivity index (χ1) is 11.0. The van der Waals surface area contributed by atoms with Crippen LogP contribution in [0.1, 0.15) is 10.4 Å². The summed E-state index contributed by atoms with van der Waals surface area (Å²) >= 11 is 11.7. The molecule has 116 valence electrons. The average molecular weight is 351 g/mol. The maximum atomic E-state index is 13.3. The van der Waals surface area contributed by atoms with Crippen molar-refractivity contribution in [1.29, 1.82) is 0 Å². The van der Waals surface area contributed by atoms with Crippen LogP contribution in [0.25, 0.3) is 10.9 Å². The van der Waals surface area contributed by atoms with Crippen LogP contribution in [0.2, 0.25) is 10.0 Å². The van der Waals surface area contributed by atoms with Crippen LogP contribution >= 0.6 is 23.2 Å². The number of Topliss-reactive ketones (excluding diaryl/α,β-unsaturated/α-hetero) is 1. The summed E-state index contributed by atoms with van der Waals surface area (Å²) in [5, 5.41) is 3.38. The highest BCUT2D eigenvalue weighted by atomic mass is 35.5. The van der Waals surface area contributed by atoms with Crippen LogP contribution in [-0.4, -0.2) is 16.7 Å². The van der Waals surface area contributed by atoms with E-state index in [1.165, 1.54) is 42.6 Å². The van der Waals surface area contributed by atoms with Gasteiger partial charge in [-0.3, -0.25) is 9.59 Å². The number of H-pyrrole nitrogens is 1. The fourth-order valence-electron chi connectivity index (χ4n) is 2.17. The first-order valence-corrected chi connectivity index (χ1v) is 7.28. The monoisotopic (exact) mass is 350 g/mol. The Morgan fingerprint density at radius 2 is 1.87 bits per heavy atom. The first kappa shape index (κ1) is 15.5. The summed E-state index contributed by atoms with van der Waals surface area (Å²) in [5.74, 6) is -2.17. The molecule has 0 aliphatic carbocycles. The Kier molecular flexibility index (Phi) is 4.07. The molecule has 3 rings (SSSR count). The van der Waals surface area contributed by atoms with Crippen LogP contribution in [0.4, 0.5) is 10.1 Å². The number of nitrogens with one attached hydrogen (secondary N) is 2. The van der Waals surface area contributed by atoms with E-state index in [-0.39, 0.29) is 16.3 Å². The Morgan fingerprint density at radius 1 is 1.09 bits per heavy atom. The lowest BCUT2D eigenvalue weighted by atomic mass is 10.1. The van der Waals surface area contributed by atoms with Crippen molar-refractivity contribution in [2.75, 3.05) is 5.32 Å². The molecule has 3 aromatic rings. The number of aromatic nitrogens is 1. The molecule has 0 unspecified atom stereocenters. The van der Waals surface area contributed by atoms with Gasteiger partial charge in [-0.25, -0.2) is 4.39 Å². The third-order valence-corrected chi connectivity index (χ3v) is 3.82. The molecule has 1 amide bonds. The van der Waals surface area contributed by atoms with Gasteiger partial charge < -0.3 is 10.3 Å². The van der Waals surface area contributed by atoms with Crippen LogP contribution in [0.5, 0.6) is 0 Å². The van der Waals surface area contributed by atoms with Gasteiger partial charge in [0.05, 0.1) is 16.3 Å². The number of carbonyl (C=O) groups is 2. The molecule has 0 fully saturated rings. The third-order valence-electron chi connectivity index (χ3n) is 3.27. The summed E-state index contributed by atoms with van der Waals surface area (Å²) in [6.07, 6.45) is 1.37. The molecular weight excluding hydrogens is 342 g/mol. The van der Waals surface area contributed by atoms with Gasteiger partial charge in [0.25, 0.3) is 11.7 Å². The Labute approximate surface area is 140 Å². The Morgan fingerprint density at radius 3 is 2.61 bits per heavy atom. The number of ketones is 1. The number of benzene rings is 2. The summed E-state index contributed by atoms with van der Waals surface area (Å²) in [4.78, 5) is 27.2. The van der Waals surface area contributed by atoms with E-state index in [2.05, 4.69) is 10.3 Å². The van der Waals surface area contributed by atoms with Crippen molar-refractivity contribution in [3.63, 3.8) is 0 Å². The molecule has 0 atom stereocenters. The number of halogens is 3. The van der Waals surface area contributed by atoms with Gasteiger partial charge in [-0.15, -0.1) is 0 Å². The molecule has 7 heteroatoms. The minimum atomic E-state index is -0.876. The zero-order valence-electron chi connectivity index (χ0n) is 11.5. The van der Waals surface area contributed by atoms with E-state index in [0.717, 1.165) is 0 Å². The lowest BCUT2D eigenvalue weighted by Gasteiger charge is -2.06. The van der Waals surface area contributed by atoms with E-state index in [9.17, 15) is 14.0 Å². The largest absolute Gasteiger partial charge is 0.360 e. The maximum Gasteiger partial charge on any atom is 0.296 e. The van der Waals surface area contributed by atoms with E-state index in [4.69, 9.17) is 23.2 Å². The molecule has 0 bridgehead atoms. The zero-order chi connectivity index (χ0) is 16.6. The standard InChI is InChI=1S/C16H9Cl2FN2O2/c17-8-1-3-14(12(18)5-8)21-16(23)15(22)11-7-20-13-4-2-9(19)6-10(11)13/h1-7,20H,(H,21,23). The van der Waals surface area contributed by atoms with E-state index in [1.54, 1.807) is 0 Å². The Balaban J connectivity index is 1.89. The van der Waals surface area contributed by atoms with Gasteiger partial charge in [0, 0.05) is 22.1 Å². The van der Waals surface area contributed by atoms with Crippen LogP contribution in [0.3, 0.4) is 0 Å². The topological polar surface area (TPSA) is 62.0 Å². The number of anilines is 1. The first-order valence-electron chi connectivity index (χ1n) is 6.53. The van der Waals surface area contributed by atoms with Crippen molar-refractivity contribution in [2.45, 2.75) is 0 Å². The number of hydrogen-bond acceptors (Lipinski definition) is 2. The minimum Gasteiger partial charge on any atom is -0.360 e. The number of fused-ring (bicyclic) bond motifs is 1. The molecule has 0 aliphatic heterocycles. The second-order valence-corrected chi connectivity index (χ2v) is 5.64. The lowest BCUT2D eigenvalue weighted by Crippen LogP contribution is -2.22. The molecular formula is C16H9Cl2FN2O2. The summed E-state index contributed by atoms with van der Waals surface area (Å²) < 4.78 is 13.3. The molecule has 23 heavy (non-hydrogen) atoms. The van der Waals surface area contributed by atoms with Crippen molar-refractivity contribution in [3.05, 3.63) is 64.0 Å². The Bertz CT molecular complexity index is 937. The lowest BCUT2D eigenvalue weighted by molar-refractivity contribution is -0.112. The number of amides is 1. The summed E-state index contributed by atoms with van der Waals surface area (Å²) in [5.41, 5.74) is 0.912. The minimum absolute atomic E-state index is 0.0853. The molecule has 0 spiro atoms. The molecule has 2 N–H and O–H groups in total. The molecule has 2 aromatic carbocycles. The van der Waals surface area contributed by atoms with Crippen molar-refractivity contribution >= 4 is 51.5 Å². The molecule has 0 saturated carbocycles. The summed E-state index contributed by atoms with van der Waals surface area (Å²) in [6.45, 7) is 0. The molecule has 1 heterocycles. The predicted molar refractivity (Wildman–Crippen MR) is 87.7 cm³/mol.